The number of piperidine rings is 1. The van der Waals surface area contributed by atoms with Crippen molar-refractivity contribution in [2.24, 2.45) is 0 Å². The molecule has 0 spiro atoms. The fourth-order valence-electron chi connectivity index (χ4n) is 7.16. The summed E-state index contributed by atoms with van der Waals surface area (Å²) in [5, 5.41) is 2.54. The Morgan fingerprint density at radius 1 is 1.14 bits per heavy atom. The van der Waals surface area contributed by atoms with E-state index in [9.17, 15) is 4.79 Å². The van der Waals surface area contributed by atoms with Crippen LogP contribution < -0.4 is 9.64 Å². The molecular formula is C34H40N6O2. The van der Waals surface area contributed by atoms with E-state index in [0.717, 1.165) is 43.7 Å². The number of aryl methyl sites for hydroxylation is 1. The highest BCUT2D eigenvalue weighted by Crippen LogP contribution is 2.38. The molecule has 0 aliphatic carbocycles. The third kappa shape index (κ3) is 5.46. The van der Waals surface area contributed by atoms with Crippen LogP contribution in [0.1, 0.15) is 54.1 Å². The normalized spacial score (nSPS) is 22.5. The second-order valence-electron chi connectivity index (χ2n) is 12.0. The SMILES string of the molecule is [C-]#[N+]C[C@H]1CC(c2nc(OC[C@@H]3CCCN3C)nc3c2CCN(c2cccc4cccc(C)c24)C3)CCN1C(=O)C=C. The zero-order valence-electron chi connectivity index (χ0n) is 24.8. The summed E-state index contributed by atoms with van der Waals surface area (Å²) < 4.78 is 6.33. The van der Waals surface area contributed by atoms with Gasteiger partial charge in [0.1, 0.15) is 12.6 Å². The first-order valence-electron chi connectivity index (χ1n) is 15.2. The van der Waals surface area contributed by atoms with E-state index in [-0.39, 0.29) is 24.4 Å². The van der Waals surface area contributed by atoms with Crippen LogP contribution in [0, 0.1) is 13.5 Å². The van der Waals surface area contributed by atoms with Gasteiger partial charge in [0.2, 0.25) is 12.5 Å². The molecular weight excluding hydrogens is 524 g/mol. The van der Waals surface area contributed by atoms with E-state index >= 15 is 0 Å². The molecule has 3 aliphatic rings. The molecule has 218 valence electrons. The first kappa shape index (κ1) is 28.2. The number of hydrogen-bond acceptors (Lipinski definition) is 6. The fourth-order valence-corrected chi connectivity index (χ4v) is 7.16. The highest BCUT2D eigenvalue weighted by Gasteiger charge is 2.36. The second-order valence-corrected chi connectivity index (χ2v) is 12.0. The number of rotatable bonds is 7. The number of ether oxygens (including phenoxy) is 1. The van der Waals surface area contributed by atoms with Gasteiger partial charge in [-0.2, -0.15) is 9.97 Å². The van der Waals surface area contributed by atoms with Crippen LogP contribution in [0.15, 0.2) is 49.1 Å². The minimum absolute atomic E-state index is 0.0995. The summed E-state index contributed by atoms with van der Waals surface area (Å²) in [5.41, 5.74) is 5.79. The van der Waals surface area contributed by atoms with Gasteiger partial charge in [-0.05, 0) is 81.3 Å². The van der Waals surface area contributed by atoms with Crippen LogP contribution >= 0.6 is 0 Å². The van der Waals surface area contributed by atoms with Gasteiger partial charge in [-0.3, -0.25) is 4.79 Å². The Morgan fingerprint density at radius 2 is 1.98 bits per heavy atom. The van der Waals surface area contributed by atoms with Crippen molar-refractivity contribution in [3.8, 4) is 6.01 Å². The summed E-state index contributed by atoms with van der Waals surface area (Å²) in [6.07, 6.45) is 6.02. The average molecular weight is 565 g/mol. The van der Waals surface area contributed by atoms with E-state index in [4.69, 9.17) is 21.3 Å². The molecule has 8 nitrogen and oxygen atoms in total. The number of likely N-dealkylation sites (tertiary alicyclic amines) is 2. The van der Waals surface area contributed by atoms with E-state index in [2.05, 4.69) is 71.6 Å². The van der Waals surface area contributed by atoms with E-state index in [1.165, 1.54) is 40.1 Å². The lowest BCUT2D eigenvalue weighted by atomic mass is 9.84. The van der Waals surface area contributed by atoms with Crippen molar-refractivity contribution in [1.82, 2.24) is 19.8 Å². The van der Waals surface area contributed by atoms with Crippen molar-refractivity contribution in [3.05, 3.63) is 83.0 Å². The van der Waals surface area contributed by atoms with Crippen LogP contribution in [0.25, 0.3) is 15.6 Å². The number of carbonyl (C=O) groups is 1. The molecule has 0 N–H and O–H groups in total. The van der Waals surface area contributed by atoms with Gasteiger partial charge in [0.05, 0.1) is 17.9 Å². The molecule has 1 unspecified atom stereocenters. The number of fused-ring (bicyclic) bond motifs is 2. The molecule has 6 rings (SSSR count). The molecule has 8 heteroatoms. The van der Waals surface area contributed by atoms with Gasteiger partial charge in [0.25, 0.3) is 0 Å². The number of likely N-dealkylation sites (N-methyl/N-ethyl adjacent to an activating group) is 1. The summed E-state index contributed by atoms with van der Waals surface area (Å²) >= 11 is 0. The largest absolute Gasteiger partial charge is 0.462 e. The first-order chi connectivity index (χ1) is 20.5. The second kappa shape index (κ2) is 12.1. The van der Waals surface area contributed by atoms with Gasteiger partial charge in [-0.1, -0.05) is 36.9 Å². The highest BCUT2D eigenvalue weighted by molar-refractivity contribution is 5.97. The average Bonchev–Trinajstić information content (AvgIpc) is 3.43. The number of benzene rings is 2. The van der Waals surface area contributed by atoms with Gasteiger partial charge >= 0.3 is 6.01 Å². The van der Waals surface area contributed by atoms with Crippen LogP contribution in [-0.2, 0) is 17.8 Å². The summed E-state index contributed by atoms with van der Waals surface area (Å²) in [5.74, 6) is 0.0442. The van der Waals surface area contributed by atoms with E-state index in [1.807, 2.05) is 4.90 Å². The molecule has 2 saturated heterocycles. The number of nitrogens with zero attached hydrogens (tertiary/aromatic N) is 6. The summed E-state index contributed by atoms with van der Waals surface area (Å²) in [4.78, 5) is 32.9. The Morgan fingerprint density at radius 3 is 2.74 bits per heavy atom. The molecule has 1 amide bonds. The summed E-state index contributed by atoms with van der Waals surface area (Å²) in [7, 11) is 2.15. The Hall–Kier alpha value is -3.96. The molecule has 42 heavy (non-hydrogen) atoms. The highest BCUT2D eigenvalue weighted by atomic mass is 16.5. The molecule has 3 aliphatic heterocycles. The van der Waals surface area contributed by atoms with Crippen molar-refractivity contribution >= 4 is 22.4 Å². The molecule has 3 aromatic rings. The Kier molecular flexibility index (Phi) is 8.12. The number of aromatic nitrogens is 2. The van der Waals surface area contributed by atoms with Crippen LogP contribution in [0.3, 0.4) is 0 Å². The molecule has 1 aromatic heterocycles. The number of anilines is 1. The van der Waals surface area contributed by atoms with Gasteiger partial charge in [-0.15, -0.1) is 0 Å². The predicted octanol–water partition coefficient (Wildman–Crippen LogP) is 5.15. The minimum atomic E-state index is -0.146. The van der Waals surface area contributed by atoms with Crippen molar-refractivity contribution in [3.63, 3.8) is 0 Å². The van der Waals surface area contributed by atoms with Crippen LogP contribution in [0.4, 0.5) is 5.69 Å². The molecule has 2 fully saturated rings. The van der Waals surface area contributed by atoms with Gasteiger partial charge in [0, 0.05) is 36.1 Å². The molecule has 4 heterocycles. The molecule has 3 atom stereocenters. The van der Waals surface area contributed by atoms with Crippen molar-refractivity contribution in [2.45, 2.75) is 63.6 Å². The fraction of sp³-hybridized carbons (Fsp3) is 0.471. The van der Waals surface area contributed by atoms with Gasteiger partial charge in [-0.25, -0.2) is 6.57 Å². The molecule has 2 aromatic carbocycles. The third-order valence-electron chi connectivity index (χ3n) is 9.45. The molecule has 0 saturated carbocycles. The van der Waals surface area contributed by atoms with Crippen molar-refractivity contribution in [2.75, 3.05) is 44.7 Å². The van der Waals surface area contributed by atoms with Crippen LogP contribution in [-0.4, -0.2) is 77.6 Å². The maximum atomic E-state index is 12.6. The topological polar surface area (TPSA) is 66.2 Å². The number of hydrogen-bond donors (Lipinski definition) is 0. The molecule has 0 radical (unpaired) electrons. The lowest BCUT2D eigenvalue weighted by Crippen LogP contribution is -2.46. The maximum Gasteiger partial charge on any atom is 0.316 e. The van der Waals surface area contributed by atoms with Gasteiger partial charge < -0.3 is 24.3 Å². The first-order valence-corrected chi connectivity index (χ1v) is 15.2. The van der Waals surface area contributed by atoms with Gasteiger partial charge in [0.15, 0.2) is 0 Å². The maximum absolute atomic E-state index is 12.6. The zero-order valence-corrected chi connectivity index (χ0v) is 24.8. The Labute approximate surface area is 248 Å². The van der Waals surface area contributed by atoms with Crippen LogP contribution in [0.5, 0.6) is 6.01 Å². The van der Waals surface area contributed by atoms with E-state index in [0.29, 0.717) is 38.2 Å². The number of amides is 1. The quantitative estimate of drug-likeness (QED) is 0.292. The van der Waals surface area contributed by atoms with E-state index in [1.54, 1.807) is 0 Å². The standard InChI is InChI=1S/C34H40N6O2/c1-5-31(41)40-18-14-25(19-27(40)20-35-3)33-28-15-17-39(30-13-7-11-24-10-6-9-23(2)32(24)30)21-29(28)36-34(37-33)42-22-26-12-8-16-38(26)4/h5-7,9-11,13,25-27H,1,8,12,14-22H2,2,4H3/t25?,26-,27+/m0/s1. The number of carbonyl (C=O) groups excluding carboxylic acids is 1. The smallest absolute Gasteiger partial charge is 0.316 e. The lowest BCUT2D eigenvalue weighted by Gasteiger charge is -2.38. The Balaban J connectivity index is 1.34. The zero-order chi connectivity index (χ0) is 29.2. The van der Waals surface area contributed by atoms with E-state index < -0.39 is 0 Å². The third-order valence-corrected chi connectivity index (χ3v) is 9.45. The van der Waals surface area contributed by atoms with Crippen LogP contribution in [0.2, 0.25) is 0 Å². The minimum Gasteiger partial charge on any atom is -0.462 e. The van der Waals surface area contributed by atoms with Crippen molar-refractivity contribution in [1.29, 1.82) is 0 Å². The monoisotopic (exact) mass is 564 g/mol. The summed E-state index contributed by atoms with van der Waals surface area (Å²) in [6.45, 7) is 17.5. The molecule has 0 bridgehead atoms. The summed E-state index contributed by atoms with van der Waals surface area (Å²) in [6, 6.07) is 13.7. The Bertz CT molecular complexity index is 1530. The van der Waals surface area contributed by atoms with Crippen molar-refractivity contribution < 1.29 is 9.53 Å². The lowest BCUT2D eigenvalue weighted by molar-refractivity contribution is -0.129. The predicted molar refractivity (Wildman–Crippen MR) is 166 cm³/mol.